The molecule has 0 aliphatic carbocycles. The maximum Gasteiger partial charge on any atom is 0.472 e. The minimum atomic E-state index is -4.35. The van der Waals surface area contributed by atoms with E-state index in [2.05, 4.69) is 4.52 Å². The Morgan fingerprint density at radius 1 is 1.05 bits per heavy atom. The molecule has 1 saturated heterocycles. The highest BCUT2D eigenvalue weighted by Gasteiger charge is 2.43. The molecule has 6 atom stereocenters. The molecular formula is C11H25NO9P+. The van der Waals surface area contributed by atoms with Crippen LogP contribution in [0.4, 0.5) is 0 Å². The number of aliphatic hydroxyl groups is 4. The molecule has 0 spiro atoms. The van der Waals surface area contributed by atoms with Crippen LogP contribution >= 0.6 is 7.82 Å². The van der Waals surface area contributed by atoms with Crippen molar-refractivity contribution in [1.29, 1.82) is 0 Å². The van der Waals surface area contributed by atoms with Crippen molar-refractivity contribution >= 4 is 7.82 Å². The highest BCUT2D eigenvalue weighted by atomic mass is 31.2. The van der Waals surface area contributed by atoms with E-state index in [9.17, 15) is 29.9 Å². The van der Waals surface area contributed by atoms with E-state index in [1.807, 2.05) is 21.1 Å². The summed E-state index contributed by atoms with van der Waals surface area (Å²) in [6.45, 7) is -0.143. The minimum Gasteiger partial charge on any atom is -0.387 e. The maximum absolute atomic E-state index is 11.7. The standard InChI is InChI=1S/C11H24NO9P/c1-12(2,3)4-5-19-22(17,18)20-6-7-8(13)9(14)10(15)11(16)21-7/h7-11,13-16H,4-6H2,1-3H3/p+1/t7-,8+,9+,10-,11-/m1/s1. The van der Waals surface area contributed by atoms with E-state index in [-0.39, 0.29) is 6.61 Å². The lowest BCUT2D eigenvalue weighted by atomic mass is 10.00. The van der Waals surface area contributed by atoms with E-state index in [1.54, 1.807) is 0 Å². The Hall–Kier alpha value is -0.130. The van der Waals surface area contributed by atoms with Gasteiger partial charge in [-0.2, -0.15) is 0 Å². The molecule has 1 rings (SSSR count). The van der Waals surface area contributed by atoms with Gasteiger partial charge in [-0.25, -0.2) is 4.57 Å². The summed E-state index contributed by atoms with van der Waals surface area (Å²) in [7, 11) is 1.29. The van der Waals surface area contributed by atoms with E-state index in [4.69, 9.17) is 9.26 Å². The molecular weight excluding hydrogens is 321 g/mol. The van der Waals surface area contributed by atoms with Gasteiger partial charge in [-0.05, 0) is 0 Å². The molecule has 0 bridgehead atoms. The molecule has 0 aromatic heterocycles. The molecule has 1 aliphatic heterocycles. The van der Waals surface area contributed by atoms with Gasteiger partial charge >= 0.3 is 7.82 Å². The predicted octanol–water partition coefficient (Wildman–Crippen LogP) is -2.37. The molecule has 11 heteroatoms. The fourth-order valence-corrected chi connectivity index (χ4v) is 2.43. The fourth-order valence-electron chi connectivity index (χ4n) is 1.70. The number of likely N-dealkylation sites (N-methyl/N-ethyl adjacent to an activating group) is 1. The fraction of sp³-hybridized carbons (Fsp3) is 1.00. The molecule has 132 valence electrons. The summed E-state index contributed by atoms with van der Waals surface area (Å²) >= 11 is 0. The van der Waals surface area contributed by atoms with Crippen LogP contribution in [0.3, 0.4) is 0 Å². The first-order valence-electron chi connectivity index (χ1n) is 6.73. The summed E-state index contributed by atoms with van der Waals surface area (Å²) in [5.74, 6) is 0. The first kappa shape index (κ1) is 19.9. The first-order chi connectivity index (χ1) is 9.93. The zero-order chi connectivity index (χ0) is 17.1. The quantitative estimate of drug-likeness (QED) is 0.252. The Bertz CT molecular complexity index is 402. The van der Waals surface area contributed by atoms with Gasteiger partial charge in [-0.3, -0.25) is 9.05 Å². The van der Waals surface area contributed by atoms with Gasteiger partial charge in [0.25, 0.3) is 0 Å². The van der Waals surface area contributed by atoms with Gasteiger partial charge in [-0.1, -0.05) is 0 Å². The number of phosphoric ester groups is 1. The van der Waals surface area contributed by atoms with Gasteiger partial charge in [0.05, 0.1) is 27.7 Å². The largest absolute Gasteiger partial charge is 0.472 e. The molecule has 0 saturated carbocycles. The molecule has 10 nitrogen and oxygen atoms in total. The number of hydrogen-bond donors (Lipinski definition) is 5. The molecule has 22 heavy (non-hydrogen) atoms. The average Bonchev–Trinajstić information content (AvgIpc) is 2.37. The molecule has 0 aromatic carbocycles. The molecule has 0 amide bonds. The van der Waals surface area contributed by atoms with Crippen molar-refractivity contribution < 1.29 is 48.2 Å². The average molecular weight is 346 g/mol. The third kappa shape index (κ3) is 6.17. The normalized spacial score (nSPS) is 36.1. The Kier molecular flexibility index (Phi) is 6.90. The van der Waals surface area contributed by atoms with Crippen molar-refractivity contribution in [3.63, 3.8) is 0 Å². The second-order valence-electron chi connectivity index (χ2n) is 6.15. The smallest absolute Gasteiger partial charge is 0.387 e. The molecule has 1 fully saturated rings. The monoisotopic (exact) mass is 346 g/mol. The van der Waals surface area contributed by atoms with Crippen molar-refractivity contribution in [2.45, 2.75) is 30.7 Å². The van der Waals surface area contributed by atoms with E-state index < -0.39 is 45.1 Å². The Morgan fingerprint density at radius 2 is 1.64 bits per heavy atom. The molecule has 5 N–H and O–H groups in total. The summed E-state index contributed by atoms with van der Waals surface area (Å²) in [6, 6.07) is 0. The number of aliphatic hydroxyl groups excluding tert-OH is 4. The van der Waals surface area contributed by atoms with Gasteiger partial charge in [-0.15, -0.1) is 0 Å². The first-order valence-corrected chi connectivity index (χ1v) is 8.22. The van der Waals surface area contributed by atoms with Crippen LogP contribution in [0, 0.1) is 0 Å². The summed E-state index contributed by atoms with van der Waals surface area (Å²) in [6.07, 6.45) is -7.92. The van der Waals surface area contributed by atoms with Crippen LogP contribution in [0.1, 0.15) is 0 Å². The topological polar surface area (TPSA) is 146 Å². The highest BCUT2D eigenvalue weighted by molar-refractivity contribution is 7.47. The zero-order valence-electron chi connectivity index (χ0n) is 12.8. The van der Waals surface area contributed by atoms with E-state index in [1.165, 1.54) is 0 Å². The van der Waals surface area contributed by atoms with Crippen LogP contribution < -0.4 is 0 Å². The molecule has 1 aliphatic rings. The van der Waals surface area contributed by atoms with Crippen LogP contribution in [-0.2, 0) is 18.3 Å². The maximum atomic E-state index is 11.7. The summed E-state index contributed by atoms with van der Waals surface area (Å²) in [4.78, 5) is 9.50. The third-order valence-corrected chi connectivity index (χ3v) is 4.09. The molecule has 0 aromatic rings. The van der Waals surface area contributed by atoms with Gasteiger partial charge in [0.15, 0.2) is 6.29 Å². The lowest BCUT2D eigenvalue weighted by Gasteiger charge is -2.38. The number of nitrogens with zero attached hydrogens (tertiary/aromatic N) is 1. The van der Waals surface area contributed by atoms with Crippen molar-refractivity contribution in [3.8, 4) is 0 Å². The van der Waals surface area contributed by atoms with E-state index >= 15 is 0 Å². The number of ether oxygens (including phenoxy) is 1. The lowest BCUT2D eigenvalue weighted by Crippen LogP contribution is -2.58. The SMILES string of the molecule is C[N+](C)(C)CCOP(=O)(O)OC[C@H]1O[C@@H](O)[C@H](O)[C@@H](O)[C@H]1O. The number of quaternary nitrogens is 1. The van der Waals surface area contributed by atoms with Crippen molar-refractivity contribution in [3.05, 3.63) is 0 Å². The van der Waals surface area contributed by atoms with E-state index in [0.29, 0.717) is 11.0 Å². The number of rotatable bonds is 7. The van der Waals surface area contributed by atoms with Crippen LogP contribution in [-0.4, -0.2) is 101 Å². The van der Waals surface area contributed by atoms with Gasteiger partial charge in [0.1, 0.15) is 37.6 Å². The third-order valence-electron chi connectivity index (χ3n) is 3.11. The summed E-state index contributed by atoms with van der Waals surface area (Å²) in [5, 5.41) is 37.8. The molecule has 1 heterocycles. The number of hydrogen-bond acceptors (Lipinski definition) is 8. The van der Waals surface area contributed by atoms with Gasteiger partial charge < -0.3 is 34.5 Å². The summed E-state index contributed by atoms with van der Waals surface area (Å²) < 4.78 is 26.5. The van der Waals surface area contributed by atoms with Crippen LogP contribution in [0.25, 0.3) is 0 Å². The van der Waals surface area contributed by atoms with Crippen molar-refractivity contribution in [2.75, 3.05) is 40.9 Å². The highest BCUT2D eigenvalue weighted by Crippen LogP contribution is 2.43. The Balaban J connectivity index is 2.45. The van der Waals surface area contributed by atoms with Crippen LogP contribution in [0.15, 0.2) is 0 Å². The molecule has 1 unspecified atom stereocenters. The second kappa shape index (κ2) is 7.63. The van der Waals surface area contributed by atoms with Crippen LogP contribution in [0.5, 0.6) is 0 Å². The van der Waals surface area contributed by atoms with Crippen molar-refractivity contribution in [2.24, 2.45) is 0 Å². The van der Waals surface area contributed by atoms with Crippen LogP contribution in [0.2, 0.25) is 0 Å². The van der Waals surface area contributed by atoms with Crippen molar-refractivity contribution in [1.82, 2.24) is 0 Å². The van der Waals surface area contributed by atoms with Gasteiger partial charge in [0, 0.05) is 0 Å². The number of phosphoric acid groups is 1. The second-order valence-corrected chi connectivity index (χ2v) is 7.60. The van der Waals surface area contributed by atoms with E-state index in [0.717, 1.165) is 0 Å². The Morgan fingerprint density at radius 3 is 2.18 bits per heavy atom. The summed E-state index contributed by atoms with van der Waals surface area (Å²) in [5.41, 5.74) is 0. The predicted molar refractivity (Wildman–Crippen MR) is 73.5 cm³/mol. The lowest BCUT2D eigenvalue weighted by molar-refractivity contribution is -0.870. The molecule has 0 radical (unpaired) electrons. The zero-order valence-corrected chi connectivity index (χ0v) is 13.7. The Labute approximate surface area is 128 Å². The van der Waals surface area contributed by atoms with Gasteiger partial charge in [0.2, 0.25) is 0 Å². The minimum absolute atomic E-state index is 0.0185.